The minimum Gasteiger partial charge on any atom is -0.367 e. The van der Waals surface area contributed by atoms with Crippen LogP contribution in [0.4, 0.5) is 11.4 Å². The van der Waals surface area contributed by atoms with Gasteiger partial charge >= 0.3 is 0 Å². The third-order valence-electron chi connectivity index (χ3n) is 5.40. The zero-order valence-corrected chi connectivity index (χ0v) is 14.7. The molecule has 132 valence electrons. The number of anilines is 2. The van der Waals surface area contributed by atoms with Gasteiger partial charge in [0, 0.05) is 43.6 Å². The molecular formula is C21H22N4O. The van der Waals surface area contributed by atoms with Gasteiger partial charge in [0.05, 0.1) is 17.2 Å². The zero-order chi connectivity index (χ0) is 17.9. The number of carbonyl (C=O) groups excluding carboxylic acids is 1. The van der Waals surface area contributed by atoms with E-state index in [-0.39, 0.29) is 5.91 Å². The second-order valence-electron chi connectivity index (χ2n) is 6.92. The lowest BCUT2D eigenvalue weighted by molar-refractivity contribution is 0.102. The van der Waals surface area contributed by atoms with Crippen LogP contribution in [0.3, 0.4) is 0 Å². The fourth-order valence-electron chi connectivity index (χ4n) is 3.94. The molecule has 0 saturated carbocycles. The summed E-state index contributed by atoms with van der Waals surface area (Å²) in [6.45, 7) is 4.59. The molecule has 5 nitrogen and oxygen atoms in total. The van der Waals surface area contributed by atoms with Gasteiger partial charge in [-0.2, -0.15) is 5.26 Å². The Labute approximate surface area is 153 Å². The fraction of sp³-hybridized carbons (Fsp3) is 0.333. The maximum absolute atomic E-state index is 12.5. The first-order valence-corrected chi connectivity index (χ1v) is 9.14. The highest BCUT2D eigenvalue weighted by Crippen LogP contribution is 2.27. The van der Waals surface area contributed by atoms with Crippen molar-refractivity contribution in [3.8, 4) is 6.07 Å². The van der Waals surface area contributed by atoms with Gasteiger partial charge in [0.1, 0.15) is 0 Å². The summed E-state index contributed by atoms with van der Waals surface area (Å²) in [4.78, 5) is 17.5. The standard InChI is InChI=1S/C21H22N4O/c22-15-16-3-1-2-4-20(16)21(26)23-17-5-7-18(8-6-17)25-14-13-24-11-9-19(25)10-12-24/h1-8,19H,9-14H2,(H,23,26). The summed E-state index contributed by atoms with van der Waals surface area (Å²) in [7, 11) is 0. The molecule has 0 radical (unpaired) electrons. The van der Waals surface area contributed by atoms with Crippen LogP contribution in [0.5, 0.6) is 0 Å². The van der Waals surface area contributed by atoms with Crippen molar-refractivity contribution in [3.63, 3.8) is 0 Å². The Balaban J connectivity index is 1.48. The van der Waals surface area contributed by atoms with Crippen molar-refractivity contribution in [1.29, 1.82) is 5.26 Å². The SMILES string of the molecule is N#Cc1ccccc1C(=O)Nc1ccc(N2CCN3CCC2CC3)cc1. The van der Waals surface area contributed by atoms with Crippen LogP contribution in [-0.2, 0) is 0 Å². The number of carbonyl (C=O) groups is 1. The number of hydrogen-bond acceptors (Lipinski definition) is 4. The van der Waals surface area contributed by atoms with Crippen LogP contribution in [0.15, 0.2) is 48.5 Å². The molecule has 0 spiro atoms. The van der Waals surface area contributed by atoms with E-state index in [9.17, 15) is 4.79 Å². The van der Waals surface area contributed by atoms with Gasteiger partial charge in [-0.15, -0.1) is 0 Å². The minimum atomic E-state index is -0.254. The van der Waals surface area contributed by atoms with Crippen LogP contribution < -0.4 is 10.2 Å². The topological polar surface area (TPSA) is 59.4 Å². The van der Waals surface area contributed by atoms with Crippen molar-refractivity contribution in [3.05, 3.63) is 59.7 Å². The molecule has 3 heterocycles. The molecule has 2 bridgehead atoms. The number of nitriles is 1. The van der Waals surface area contributed by atoms with Crippen LogP contribution in [0, 0.1) is 11.3 Å². The molecule has 5 heteroatoms. The van der Waals surface area contributed by atoms with Gasteiger partial charge in [-0.1, -0.05) is 12.1 Å². The molecule has 3 aliphatic heterocycles. The predicted molar refractivity (Wildman–Crippen MR) is 102 cm³/mol. The highest BCUT2D eigenvalue weighted by Gasteiger charge is 2.28. The Kier molecular flexibility index (Phi) is 4.59. The van der Waals surface area contributed by atoms with Gasteiger partial charge in [0.25, 0.3) is 5.91 Å². The third-order valence-corrected chi connectivity index (χ3v) is 5.40. The van der Waals surface area contributed by atoms with Gasteiger partial charge in [-0.25, -0.2) is 0 Å². The number of rotatable bonds is 3. The van der Waals surface area contributed by atoms with Crippen molar-refractivity contribution in [2.24, 2.45) is 0 Å². The number of piperidine rings is 1. The number of hydrogen-bond donors (Lipinski definition) is 1. The lowest BCUT2D eigenvalue weighted by Crippen LogP contribution is -2.37. The van der Waals surface area contributed by atoms with Crippen LogP contribution in [0.2, 0.25) is 0 Å². The lowest BCUT2D eigenvalue weighted by Gasteiger charge is -2.33. The predicted octanol–water partition coefficient (Wildman–Crippen LogP) is 3.09. The van der Waals surface area contributed by atoms with E-state index in [0.717, 1.165) is 18.8 Å². The zero-order valence-electron chi connectivity index (χ0n) is 14.7. The van der Waals surface area contributed by atoms with Gasteiger partial charge < -0.3 is 15.1 Å². The molecular weight excluding hydrogens is 324 g/mol. The van der Waals surface area contributed by atoms with Crippen LogP contribution in [0.1, 0.15) is 28.8 Å². The summed E-state index contributed by atoms with van der Waals surface area (Å²) in [5.74, 6) is -0.254. The van der Waals surface area contributed by atoms with E-state index in [1.54, 1.807) is 24.3 Å². The average molecular weight is 346 g/mol. The van der Waals surface area contributed by atoms with E-state index < -0.39 is 0 Å². The van der Waals surface area contributed by atoms with Gasteiger partial charge in [-0.05, 0) is 49.2 Å². The minimum absolute atomic E-state index is 0.254. The van der Waals surface area contributed by atoms with E-state index >= 15 is 0 Å². The quantitative estimate of drug-likeness (QED) is 0.928. The maximum atomic E-state index is 12.5. The number of benzene rings is 2. The van der Waals surface area contributed by atoms with E-state index in [4.69, 9.17) is 5.26 Å². The van der Waals surface area contributed by atoms with Gasteiger partial charge in [0.15, 0.2) is 0 Å². The second kappa shape index (κ2) is 7.19. The Morgan fingerprint density at radius 3 is 2.46 bits per heavy atom. The molecule has 1 N–H and O–H groups in total. The van der Waals surface area contributed by atoms with Crippen LogP contribution in [-0.4, -0.2) is 43.0 Å². The summed E-state index contributed by atoms with van der Waals surface area (Å²) >= 11 is 0. The molecule has 26 heavy (non-hydrogen) atoms. The first-order valence-electron chi connectivity index (χ1n) is 9.14. The molecule has 2 aromatic rings. The normalized spacial score (nSPS) is 21.7. The molecule has 0 aromatic heterocycles. The van der Waals surface area contributed by atoms with Crippen molar-refractivity contribution in [1.82, 2.24) is 4.90 Å². The molecule has 3 fully saturated rings. The Bertz CT molecular complexity index is 832. The molecule has 2 aromatic carbocycles. The monoisotopic (exact) mass is 346 g/mol. The van der Waals surface area contributed by atoms with E-state index in [1.807, 2.05) is 12.1 Å². The van der Waals surface area contributed by atoms with E-state index in [1.165, 1.54) is 31.6 Å². The summed E-state index contributed by atoms with van der Waals surface area (Å²) in [6.07, 6.45) is 2.45. The molecule has 3 saturated heterocycles. The number of amides is 1. The van der Waals surface area contributed by atoms with Gasteiger partial charge in [0.2, 0.25) is 0 Å². The number of nitrogens with one attached hydrogen (secondary N) is 1. The Morgan fingerprint density at radius 2 is 1.73 bits per heavy atom. The van der Waals surface area contributed by atoms with Crippen molar-refractivity contribution in [2.45, 2.75) is 18.9 Å². The first-order chi connectivity index (χ1) is 12.7. The smallest absolute Gasteiger partial charge is 0.257 e. The number of nitrogens with zero attached hydrogens (tertiary/aromatic N) is 3. The molecule has 1 amide bonds. The van der Waals surface area contributed by atoms with Crippen molar-refractivity contribution >= 4 is 17.3 Å². The Morgan fingerprint density at radius 1 is 1.00 bits per heavy atom. The molecule has 0 atom stereocenters. The largest absolute Gasteiger partial charge is 0.367 e. The Hall–Kier alpha value is -2.84. The van der Waals surface area contributed by atoms with Crippen LogP contribution >= 0.6 is 0 Å². The van der Waals surface area contributed by atoms with E-state index in [2.05, 4.69) is 33.3 Å². The summed E-state index contributed by atoms with van der Waals surface area (Å²) in [5, 5.41) is 12.0. The maximum Gasteiger partial charge on any atom is 0.257 e. The third kappa shape index (κ3) is 3.29. The van der Waals surface area contributed by atoms with Crippen LogP contribution in [0.25, 0.3) is 0 Å². The summed E-state index contributed by atoms with van der Waals surface area (Å²) < 4.78 is 0. The lowest BCUT2D eigenvalue weighted by atomic mass is 10.0. The molecule has 5 rings (SSSR count). The highest BCUT2D eigenvalue weighted by molar-refractivity contribution is 6.05. The van der Waals surface area contributed by atoms with Gasteiger partial charge in [-0.3, -0.25) is 4.79 Å². The van der Waals surface area contributed by atoms with E-state index in [0.29, 0.717) is 17.2 Å². The first kappa shape index (κ1) is 16.6. The summed E-state index contributed by atoms with van der Waals surface area (Å²) in [6, 6.07) is 17.6. The number of fused-ring (bicyclic) bond motifs is 4. The summed E-state index contributed by atoms with van der Waals surface area (Å²) in [5.41, 5.74) is 2.75. The molecule has 0 aliphatic carbocycles. The molecule has 3 aliphatic rings. The van der Waals surface area contributed by atoms with Crippen molar-refractivity contribution < 1.29 is 4.79 Å². The molecule has 0 unspecified atom stereocenters. The fourth-order valence-corrected chi connectivity index (χ4v) is 3.94. The average Bonchev–Trinajstić information content (AvgIpc) is 3.02. The highest BCUT2D eigenvalue weighted by atomic mass is 16.1. The second-order valence-corrected chi connectivity index (χ2v) is 6.92. The van der Waals surface area contributed by atoms with Crippen molar-refractivity contribution in [2.75, 3.05) is 36.4 Å².